The topological polar surface area (TPSA) is 49.3 Å². The standard InChI is InChI=1S/C12H9Br2NO2S/c1-6-2-3-7(4-9(6)16)15-12(17)8-5-10(13)18-11(8)14/h2-5,16H,1H3,(H,15,17). The van der Waals surface area contributed by atoms with Crippen molar-refractivity contribution in [3.8, 4) is 5.75 Å². The van der Waals surface area contributed by atoms with Crippen molar-refractivity contribution in [1.29, 1.82) is 0 Å². The molecule has 6 heteroatoms. The van der Waals surface area contributed by atoms with E-state index < -0.39 is 0 Å². The van der Waals surface area contributed by atoms with Crippen LogP contribution in [-0.4, -0.2) is 11.0 Å². The molecule has 0 aliphatic rings. The van der Waals surface area contributed by atoms with Crippen LogP contribution in [0.5, 0.6) is 5.75 Å². The molecular weight excluding hydrogens is 382 g/mol. The molecule has 0 atom stereocenters. The van der Waals surface area contributed by atoms with Gasteiger partial charge in [-0.15, -0.1) is 11.3 Å². The third-order valence-electron chi connectivity index (χ3n) is 2.37. The molecule has 1 amide bonds. The molecule has 0 radical (unpaired) electrons. The van der Waals surface area contributed by atoms with Crippen LogP contribution in [0.1, 0.15) is 15.9 Å². The van der Waals surface area contributed by atoms with Crippen molar-refractivity contribution >= 4 is 54.8 Å². The molecule has 0 saturated carbocycles. The summed E-state index contributed by atoms with van der Waals surface area (Å²) in [4.78, 5) is 12.0. The third kappa shape index (κ3) is 2.93. The number of rotatable bonds is 2. The van der Waals surface area contributed by atoms with Crippen LogP contribution in [0.3, 0.4) is 0 Å². The SMILES string of the molecule is Cc1ccc(NC(=O)c2cc(Br)sc2Br)cc1O. The van der Waals surface area contributed by atoms with Crippen LogP contribution in [-0.2, 0) is 0 Å². The second kappa shape index (κ2) is 5.42. The van der Waals surface area contributed by atoms with Crippen LogP contribution in [0.2, 0.25) is 0 Å². The number of thiophene rings is 1. The number of nitrogens with one attached hydrogen (secondary N) is 1. The normalized spacial score (nSPS) is 10.4. The summed E-state index contributed by atoms with van der Waals surface area (Å²) in [6.45, 7) is 1.80. The number of phenolic OH excluding ortho intramolecular Hbond substituents is 1. The van der Waals surface area contributed by atoms with Gasteiger partial charge in [0.05, 0.1) is 13.1 Å². The molecule has 0 aliphatic carbocycles. The Hall–Kier alpha value is -0.850. The first kappa shape index (κ1) is 13.6. The summed E-state index contributed by atoms with van der Waals surface area (Å²) in [7, 11) is 0. The van der Waals surface area contributed by atoms with E-state index in [1.54, 1.807) is 25.1 Å². The predicted molar refractivity (Wildman–Crippen MR) is 80.5 cm³/mol. The number of carbonyl (C=O) groups excluding carboxylic acids is 1. The Balaban J connectivity index is 2.21. The number of carbonyl (C=O) groups is 1. The minimum Gasteiger partial charge on any atom is -0.508 e. The largest absolute Gasteiger partial charge is 0.508 e. The van der Waals surface area contributed by atoms with E-state index in [9.17, 15) is 9.90 Å². The van der Waals surface area contributed by atoms with Gasteiger partial charge in [-0.3, -0.25) is 4.79 Å². The van der Waals surface area contributed by atoms with Crippen molar-refractivity contribution in [1.82, 2.24) is 0 Å². The van der Waals surface area contributed by atoms with Crippen LogP contribution in [0.25, 0.3) is 0 Å². The zero-order chi connectivity index (χ0) is 13.3. The minimum atomic E-state index is -0.216. The molecule has 2 aromatic rings. The first-order valence-corrected chi connectivity index (χ1v) is 7.43. The average molecular weight is 391 g/mol. The van der Waals surface area contributed by atoms with Crippen molar-refractivity contribution in [3.63, 3.8) is 0 Å². The summed E-state index contributed by atoms with van der Waals surface area (Å²) in [5.41, 5.74) is 1.90. The predicted octanol–water partition coefficient (Wildman–Crippen LogP) is 4.54. The number of benzene rings is 1. The van der Waals surface area contributed by atoms with Crippen LogP contribution >= 0.6 is 43.2 Å². The second-order valence-corrected chi connectivity index (χ2v) is 7.44. The Morgan fingerprint density at radius 1 is 1.33 bits per heavy atom. The Labute approximate surface area is 125 Å². The highest BCUT2D eigenvalue weighted by atomic mass is 79.9. The number of anilines is 1. The fourth-order valence-electron chi connectivity index (χ4n) is 1.38. The van der Waals surface area contributed by atoms with Gasteiger partial charge < -0.3 is 10.4 Å². The van der Waals surface area contributed by atoms with E-state index in [0.717, 1.165) is 13.1 Å². The number of halogens is 2. The van der Waals surface area contributed by atoms with Gasteiger partial charge in [-0.25, -0.2) is 0 Å². The summed E-state index contributed by atoms with van der Waals surface area (Å²) in [6, 6.07) is 6.78. The van der Waals surface area contributed by atoms with E-state index in [-0.39, 0.29) is 11.7 Å². The molecule has 0 aliphatic heterocycles. The lowest BCUT2D eigenvalue weighted by atomic mass is 10.2. The van der Waals surface area contributed by atoms with Crippen LogP contribution in [0.4, 0.5) is 5.69 Å². The summed E-state index contributed by atoms with van der Waals surface area (Å²) in [5, 5.41) is 12.3. The van der Waals surface area contributed by atoms with E-state index in [1.165, 1.54) is 17.4 Å². The number of phenols is 1. The van der Waals surface area contributed by atoms with Crippen molar-refractivity contribution < 1.29 is 9.90 Å². The number of amides is 1. The molecule has 94 valence electrons. The molecule has 0 spiro atoms. The van der Waals surface area contributed by atoms with Gasteiger partial charge >= 0.3 is 0 Å². The van der Waals surface area contributed by atoms with Gasteiger partial charge in [0.1, 0.15) is 5.75 Å². The molecule has 3 nitrogen and oxygen atoms in total. The highest BCUT2D eigenvalue weighted by Gasteiger charge is 2.14. The monoisotopic (exact) mass is 389 g/mol. The fraction of sp³-hybridized carbons (Fsp3) is 0.0833. The van der Waals surface area contributed by atoms with Crippen LogP contribution < -0.4 is 5.32 Å². The van der Waals surface area contributed by atoms with Crippen LogP contribution in [0, 0.1) is 6.92 Å². The molecule has 1 heterocycles. The average Bonchev–Trinajstić information content (AvgIpc) is 2.63. The molecule has 1 aromatic heterocycles. The Morgan fingerprint density at radius 2 is 2.06 bits per heavy atom. The zero-order valence-corrected chi connectivity index (χ0v) is 13.3. The molecular formula is C12H9Br2NO2S. The quantitative estimate of drug-likeness (QED) is 0.790. The van der Waals surface area contributed by atoms with Crippen molar-refractivity contribution in [2.75, 3.05) is 5.32 Å². The van der Waals surface area contributed by atoms with E-state index in [0.29, 0.717) is 11.3 Å². The van der Waals surface area contributed by atoms with Crippen molar-refractivity contribution in [2.45, 2.75) is 6.92 Å². The van der Waals surface area contributed by atoms with Gasteiger partial charge in [0, 0.05) is 11.8 Å². The van der Waals surface area contributed by atoms with Crippen molar-refractivity contribution in [3.05, 3.63) is 43.0 Å². The van der Waals surface area contributed by atoms with E-state index >= 15 is 0 Å². The first-order valence-electron chi connectivity index (χ1n) is 5.03. The minimum absolute atomic E-state index is 0.165. The number of hydrogen-bond donors (Lipinski definition) is 2. The number of aryl methyl sites for hydroxylation is 1. The van der Waals surface area contributed by atoms with E-state index in [2.05, 4.69) is 37.2 Å². The fourth-order valence-corrected chi connectivity index (χ4v) is 4.17. The third-order valence-corrected chi connectivity index (χ3v) is 4.71. The number of aromatic hydroxyl groups is 1. The van der Waals surface area contributed by atoms with Gasteiger partial charge in [-0.2, -0.15) is 0 Å². The molecule has 18 heavy (non-hydrogen) atoms. The van der Waals surface area contributed by atoms with Crippen LogP contribution in [0.15, 0.2) is 31.8 Å². The molecule has 0 saturated heterocycles. The highest BCUT2D eigenvalue weighted by molar-refractivity contribution is 9.12. The summed E-state index contributed by atoms with van der Waals surface area (Å²) in [6.07, 6.45) is 0. The Morgan fingerprint density at radius 3 is 2.61 bits per heavy atom. The summed E-state index contributed by atoms with van der Waals surface area (Å²) < 4.78 is 1.65. The second-order valence-electron chi connectivity index (χ2n) is 3.69. The van der Waals surface area contributed by atoms with Gasteiger partial charge in [0.15, 0.2) is 0 Å². The molecule has 0 bridgehead atoms. The molecule has 2 N–H and O–H groups in total. The lowest BCUT2D eigenvalue weighted by molar-refractivity contribution is 0.102. The molecule has 1 aromatic carbocycles. The number of hydrogen-bond acceptors (Lipinski definition) is 3. The Kier molecular flexibility index (Phi) is 4.09. The lowest BCUT2D eigenvalue weighted by Crippen LogP contribution is -2.11. The van der Waals surface area contributed by atoms with E-state index in [4.69, 9.17) is 0 Å². The summed E-state index contributed by atoms with van der Waals surface area (Å²) >= 11 is 8.10. The highest BCUT2D eigenvalue weighted by Crippen LogP contribution is 2.32. The van der Waals surface area contributed by atoms with Gasteiger partial charge in [0.2, 0.25) is 0 Å². The Bertz CT molecular complexity index is 610. The lowest BCUT2D eigenvalue weighted by Gasteiger charge is -2.06. The van der Waals surface area contributed by atoms with E-state index in [1.807, 2.05) is 0 Å². The van der Waals surface area contributed by atoms with Gasteiger partial charge in [0.25, 0.3) is 5.91 Å². The first-order chi connectivity index (χ1) is 8.47. The maximum atomic E-state index is 12.0. The maximum absolute atomic E-state index is 12.0. The molecule has 2 rings (SSSR count). The van der Waals surface area contributed by atoms with Crippen molar-refractivity contribution in [2.24, 2.45) is 0 Å². The molecule has 0 fully saturated rings. The van der Waals surface area contributed by atoms with Gasteiger partial charge in [-0.05, 0) is 56.5 Å². The smallest absolute Gasteiger partial charge is 0.257 e. The maximum Gasteiger partial charge on any atom is 0.257 e. The molecule has 0 unspecified atom stereocenters. The summed E-state index contributed by atoms with van der Waals surface area (Å²) in [5.74, 6) is -0.0505. The zero-order valence-electron chi connectivity index (χ0n) is 9.33. The van der Waals surface area contributed by atoms with Gasteiger partial charge in [-0.1, -0.05) is 6.07 Å².